The highest BCUT2D eigenvalue weighted by molar-refractivity contribution is 6.04. The van der Waals surface area contributed by atoms with E-state index in [1.165, 1.54) is 25.3 Å². The fourth-order valence-corrected chi connectivity index (χ4v) is 3.00. The zero-order valence-electron chi connectivity index (χ0n) is 15.0. The highest BCUT2D eigenvalue weighted by atomic mass is 16.6. The number of rotatable bonds is 5. The summed E-state index contributed by atoms with van der Waals surface area (Å²) < 4.78 is 5.15. The van der Waals surface area contributed by atoms with Gasteiger partial charge >= 0.3 is 0 Å². The molecular formula is C19H19N3O5. The molecule has 1 fully saturated rings. The highest BCUT2D eigenvalue weighted by Crippen LogP contribution is 2.31. The molecule has 0 spiro atoms. The fourth-order valence-electron chi connectivity index (χ4n) is 3.00. The second-order valence-electron chi connectivity index (χ2n) is 6.37. The van der Waals surface area contributed by atoms with Crippen molar-refractivity contribution in [3.63, 3.8) is 0 Å². The summed E-state index contributed by atoms with van der Waals surface area (Å²) in [5, 5.41) is 13.6. The van der Waals surface area contributed by atoms with Crippen LogP contribution < -0.4 is 15.0 Å². The van der Waals surface area contributed by atoms with E-state index in [9.17, 15) is 19.7 Å². The summed E-state index contributed by atoms with van der Waals surface area (Å²) in [4.78, 5) is 36.9. The molecule has 2 aromatic rings. The monoisotopic (exact) mass is 369 g/mol. The van der Waals surface area contributed by atoms with Gasteiger partial charge in [-0.05, 0) is 25.1 Å². The third-order valence-corrected chi connectivity index (χ3v) is 4.49. The minimum Gasteiger partial charge on any atom is -0.495 e. The Bertz CT molecular complexity index is 895. The number of anilines is 2. The molecule has 0 aliphatic carbocycles. The lowest BCUT2D eigenvalue weighted by Crippen LogP contribution is -2.28. The van der Waals surface area contributed by atoms with Gasteiger partial charge in [-0.1, -0.05) is 17.7 Å². The van der Waals surface area contributed by atoms with Crippen LogP contribution in [0.25, 0.3) is 0 Å². The first-order valence-corrected chi connectivity index (χ1v) is 8.39. The van der Waals surface area contributed by atoms with Crippen molar-refractivity contribution in [2.75, 3.05) is 23.9 Å². The molecule has 2 amide bonds. The van der Waals surface area contributed by atoms with Crippen LogP contribution in [0, 0.1) is 23.0 Å². The summed E-state index contributed by atoms with van der Waals surface area (Å²) in [7, 11) is 1.41. The average Bonchev–Trinajstić information content (AvgIpc) is 3.04. The minimum absolute atomic E-state index is 0.0803. The van der Waals surface area contributed by atoms with Crippen molar-refractivity contribution in [3.8, 4) is 5.75 Å². The Kier molecular flexibility index (Phi) is 5.07. The number of nitrogens with zero attached hydrogens (tertiary/aromatic N) is 2. The normalized spacial score (nSPS) is 16.3. The number of aryl methyl sites for hydroxylation is 1. The Morgan fingerprint density at radius 2 is 1.96 bits per heavy atom. The Balaban J connectivity index is 1.75. The zero-order chi connectivity index (χ0) is 19.6. The lowest BCUT2D eigenvalue weighted by atomic mass is 10.1. The molecule has 1 aliphatic heterocycles. The predicted molar refractivity (Wildman–Crippen MR) is 99.9 cm³/mol. The number of non-ortho nitro benzene ring substituents is 1. The number of methoxy groups -OCH3 is 1. The van der Waals surface area contributed by atoms with Gasteiger partial charge in [0.25, 0.3) is 5.69 Å². The van der Waals surface area contributed by atoms with Crippen molar-refractivity contribution in [2.45, 2.75) is 13.3 Å². The molecule has 3 rings (SSSR count). The number of carbonyl (C=O) groups excluding carboxylic acids is 2. The molecule has 1 atom stereocenters. The number of carbonyl (C=O) groups is 2. The smallest absolute Gasteiger partial charge is 0.271 e. The number of benzene rings is 2. The van der Waals surface area contributed by atoms with Gasteiger partial charge < -0.3 is 15.0 Å². The van der Waals surface area contributed by atoms with Gasteiger partial charge in [-0.25, -0.2) is 0 Å². The average molecular weight is 369 g/mol. The standard InChI is InChI=1S/C19H19N3O5/c1-12-3-5-14(6-4-12)21-11-13(9-18(21)23)19(24)20-16-10-15(22(25)26)7-8-17(16)27-2/h3-8,10,13H,9,11H2,1-2H3,(H,20,24)/t13-/m1/s1. The van der Waals surface area contributed by atoms with Gasteiger partial charge in [-0.3, -0.25) is 19.7 Å². The summed E-state index contributed by atoms with van der Waals surface area (Å²) in [6.45, 7) is 2.21. The van der Waals surface area contributed by atoms with Crippen molar-refractivity contribution in [2.24, 2.45) is 5.92 Å². The summed E-state index contributed by atoms with van der Waals surface area (Å²) in [5.74, 6) is -0.752. The van der Waals surface area contributed by atoms with Crippen LogP contribution in [-0.4, -0.2) is 30.4 Å². The van der Waals surface area contributed by atoms with Crippen molar-refractivity contribution >= 4 is 28.9 Å². The number of nitro groups is 1. The minimum atomic E-state index is -0.553. The van der Waals surface area contributed by atoms with E-state index in [0.717, 1.165) is 11.3 Å². The van der Waals surface area contributed by atoms with E-state index in [1.54, 1.807) is 4.90 Å². The van der Waals surface area contributed by atoms with Crippen LogP contribution in [-0.2, 0) is 9.59 Å². The molecule has 0 saturated carbocycles. The molecule has 140 valence electrons. The topological polar surface area (TPSA) is 102 Å². The van der Waals surface area contributed by atoms with Crippen molar-refractivity contribution in [3.05, 3.63) is 58.1 Å². The second kappa shape index (κ2) is 7.45. The third kappa shape index (κ3) is 3.89. The SMILES string of the molecule is COc1ccc([N+](=O)[O-])cc1NC(=O)[C@@H]1CC(=O)N(c2ccc(C)cc2)C1. The molecule has 0 unspecified atom stereocenters. The summed E-state index contributed by atoms with van der Waals surface area (Å²) in [6, 6.07) is 11.5. The molecule has 0 aromatic heterocycles. The van der Waals surface area contributed by atoms with Crippen LogP contribution in [0.2, 0.25) is 0 Å². The summed E-state index contributed by atoms with van der Waals surface area (Å²) in [6.07, 6.45) is 0.0803. The molecule has 2 aromatic carbocycles. The van der Waals surface area contributed by atoms with Crippen molar-refractivity contribution in [1.29, 1.82) is 0 Å². The Morgan fingerprint density at radius 1 is 1.26 bits per heavy atom. The second-order valence-corrected chi connectivity index (χ2v) is 6.37. The maximum absolute atomic E-state index is 12.6. The van der Waals surface area contributed by atoms with Crippen molar-refractivity contribution in [1.82, 2.24) is 0 Å². The lowest BCUT2D eigenvalue weighted by Gasteiger charge is -2.17. The first-order valence-electron chi connectivity index (χ1n) is 8.39. The van der Waals surface area contributed by atoms with E-state index in [1.807, 2.05) is 31.2 Å². The molecule has 1 aliphatic rings. The maximum atomic E-state index is 12.6. The van der Waals surface area contributed by atoms with E-state index >= 15 is 0 Å². The van der Waals surface area contributed by atoms with Gasteiger partial charge in [0.15, 0.2) is 0 Å². The van der Waals surface area contributed by atoms with Crippen LogP contribution in [0.1, 0.15) is 12.0 Å². The predicted octanol–water partition coefficient (Wildman–Crippen LogP) is 2.90. The van der Waals surface area contributed by atoms with E-state index in [-0.39, 0.29) is 36.2 Å². The lowest BCUT2D eigenvalue weighted by molar-refractivity contribution is -0.384. The molecule has 1 heterocycles. The highest BCUT2D eigenvalue weighted by Gasteiger charge is 2.35. The van der Waals surface area contributed by atoms with Gasteiger partial charge in [0, 0.05) is 30.8 Å². The first-order chi connectivity index (χ1) is 12.9. The molecule has 0 radical (unpaired) electrons. The Morgan fingerprint density at radius 3 is 2.59 bits per heavy atom. The van der Waals surface area contributed by atoms with Gasteiger partial charge in [-0.15, -0.1) is 0 Å². The largest absolute Gasteiger partial charge is 0.495 e. The van der Waals surface area contributed by atoms with Crippen LogP contribution >= 0.6 is 0 Å². The molecular weight excluding hydrogens is 350 g/mol. The van der Waals surface area contributed by atoms with Gasteiger partial charge in [0.1, 0.15) is 5.75 Å². The number of nitrogens with one attached hydrogen (secondary N) is 1. The third-order valence-electron chi connectivity index (χ3n) is 4.49. The number of ether oxygens (including phenoxy) is 1. The molecule has 1 N–H and O–H groups in total. The zero-order valence-corrected chi connectivity index (χ0v) is 15.0. The number of hydrogen-bond acceptors (Lipinski definition) is 5. The maximum Gasteiger partial charge on any atom is 0.271 e. The van der Waals surface area contributed by atoms with Crippen LogP contribution in [0.3, 0.4) is 0 Å². The molecule has 8 nitrogen and oxygen atoms in total. The fraction of sp³-hybridized carbons (Fsp3) is 0.263. The van der Waals surface area contributed by atoms with Crippen LogP contribution in [0.5, 0.6) is 5.75 Å². The molecule has 1 saturated heterocycles. The van der Waals surface area contributed by atoms with Crippen LogP contribution in [0.15, 0.2) is 42.5 Å². The summed E-state index contributed by atoms with van der Waals surface area (Å²) in [5.41, 5.74) is 1.87. The summed E-state index contributed by atoms with van der Waals surface area (Å²) >= 11 is 0. The molecule has 27 heavy (non-hydrogen) atoms. The Hall–Kier alpha value is -3.42. The van der Waals surface area contributed by atoms with Gasteiger partial charge in [0.2, 0.25) is 11.8 Å². The van der Waals surface area contributed by atoms with E-state index in [4.69, 9.17) is 4.74 Å². The molecule has 8 heteroatoms. The quantitative estimate of drug-likeness (QED) is 0.645. The van der Waals surface area contributed by atoms with E-state index in [0.29, 0.717) is 5.75 Å². The van der Waals surface area contributed by atoms with Gasteiger partial charge in [0.05, 0.1) is 23.6 Å². The number of nitro benzene ring substituents is 1. The first kappa shape index (κ1) is 18.4. The van der Waals surface area contributed by atoms with E-state index in [2.05, 4.69) is 5.32 Å². The van der Waals surface area contributed by atoms with Gasteiger partial charge in [-0.2, -0.15) is 0 Å². The number of amides is 2. The van der Waals surface area contributed by atoms with E-state index < -0.39 is 10.8 Å². The number of hydrogen-bond donors (Lipinski definition) is 1. The van der Waals surface area contributed by atoms with Crippen LogP contribution in [0.4, 0.5) is 17.1 Å². The Labute approximate surface area is 155 Å². The molecule has 0 bridgehead atoms. The van der Waals surface area contributed by atoms with Crippen molar-refractivity contribution < 1.29 is 19.2 Å².